The highest BCUT2D eigenvalue weighted by Gasteiger charge is 2.34. The number of hydrogen-bond acceptors (Lipinski definition) is 4. The maximum absolute atomic E-state index is 12.0. The lowest BCUT2D eigenvalue weighted by Crippen LogP contribution is -2.34. The first-order valence-corrected chi connectivity index (χ1v) is 6.48. The van der Waals surface area contributed by atoms with Gasteiger partial charge in [0.1, 0.15) is 5.75 Å². The molecular weight excluding hydrogens is 260 g/mol. The molecule has 108 valence electrons. The monoisotopic (exact) mass is 278 g/mol. The Hall–Kier alpha value is -2.08. The van der Waals surface area contributed by atoms with Crippen LogP contribution in [0.3, 0.4) is 0 Å². The van der Waals surface area contributed by atoms with E-state index in [0.717, 1.165) is 0 Å². The highest BCUT2D eigenvalue weighted by molar-refractivity contribution is 6.00. The van der Waals surface area contributed by atoms with Crippen molar-refractivity contribution < 1.29 is 19.4 Å². The number of phenolic OH excluding ortho intramolecular Hbond substituents is 1. The van der Waals surface area contributed by atoms with Crippen LogP contribution < -0.4 is 10.2 Å². The molecule has 0 bridgehead atoms. The lowest BCUT2D eigenvalue weighted by atomic mass is 10.1. The molecule has 0 aliphatic carbocycles. The fourth-order valence-corrected chi connectivity index (χ4v) is 2.19. The summed E-state index contributed by atoms with van der Waals surface area (Å²) >= 11 is 0. The number of rotatable bonds is 5. The van der Waals surface area contributed by atoms with Crippen LogP contribution in [0.2, 0.25) is 0 Å². The van der Waals surface area contributed by atoms with Crippen LogP contribution in [-0.2, 0) is 14.3 Å². The Morgan fingerprint density at radius 2 is 2.15 bits per heavy atom. The SMILES string of the molecule is COCCNC(=O)[C@H]1CC(=O)N(c2ccc(O)cc2)C1. The van der Waals surface area contributed by atoms with Gasteiger partial charge in [0.05, 0.1) is 12.5 Å². The van der Waals surface area contributed by atoms with Gasteiger partial charge in [0, 0.05) is 32.3 Å². The van der Waals surface area contributed by atoms with E-state index in [1.54, 1.807) is 24.1 Å². The normalized spacial score (nSPS) is 18.4. The third kappa shape index (κ3) is 3.27. The minimum absolute atomic E-state index is 0.0809. The maximum Gasteiger partial charge on any atom is 0.227 e. The number of benzene rings is 1. The summed E-state index contributed by atoms with van der Waals surface area (Å²) in [5.74, 6) is -0.401. The zero-order valence-corrected chi connectivity index (χ0v) is 11.3. The van der Waals surface area contributed by atoms with Crippen molar-refractivity contribution in [3.8, 4) is 5.75 Å². The Bertz CT molecular complexity index is 486. The van der Waals surface area contributed by atoms with Crippen molar-refractivity contribution in [3.63, 3.8) is 0 Å². The van der Waals surface area contributed by atoms with Crippen molar-refractivity contribution in [3.05, 3.63) is 24.3 Å². The fraction of sp³-hybridized carbons (Fsp3) is 0.429. The van der Waals surface area contributed by atoms with E-state index in [2.05, 4.69) is 5.32 Å². The van der Waals surface area contributed by atoms with Gasteiger partial charge in [-0.05, 0) is 24.3 Å². The summed E-state index contributed by atoms with van der Waals surface area (Å²) < 4.78 is 4.86. The molecule has 1 heterocycles. The molecule has 1 aliphatic rings. The third-order valence-corrected chi connectivity index (χ3v) is 3.26. The van der Waals surface area contributed by atoms with Gasteiger partial charge in [-0.15, -0.1) is 0 Å². The highest BCUT2D eigenvalue weighted by atomic mass is 16.5. The average molecular weight is 278 g/mol. The largest absolute Gasteiger partial charge is 0.508 e. The Morgan fingerprint density at radius 3 is 2.80 bits per heavy atom. The maximum atomic E-state index is 12.0. The predicted octanol–water partition coefficient (Wildman–Crippen LogP) is 0.508. The van der Waals surface area contributed by atoms with Crippen LogP contribution in [0.15, 0.2) is 24.3 Å². The van der Waals surface area contributed by atoms with E-state index >= 15 is 0 Å². The van der Waals surface area contributed by atoms with Gasteiger partial charge in [0.15, 0.2) is 0 Å². The van der Waals surface area contributed by atoms with Crippen molar-refractivity contribution in [2.45, 2.75) is 6.42 Å². The summed E-state index contributed by atoms with van der Waals surface area (Å²) in [5.41, 5.74) is 0.694. The van der Waals surface area contributed by atoms with Gasteiger partial charge >= 0.3 is 0 Å². The topological polar surface area (TPSA) is 78.9 Å². The Balaban J connectivity index is 1.96. The van der Waals surface area contributed by atoms with Crippen LogP contribution in [0, 0.1) is 5.92 Å². The van der Waals surface area contributed by atoms with E-state index in [9.17, 15) is 14.7 Å². The van der Waals surface area contributed by atoms with Crippen molar-refractivity contribution in [2.24, 2.45) is 5.92 Å². The number of hydrogen-bond donors (Lipinski definition) is 2. The number of ether oxygens (including phenoxy) is 1. The van der Waals surface area contributed by atoms with Gasteiger partial charge in [0.2, 0.25) is 11.8 Å². The van der Waals surface area contributed by atoms with Gasteiger partial charge in [-0.1, -0.05) is 0 Å². The Kier molecular flexibility index (Phi) is 4.57. The van der Waals surface area contributed by atoms with Crippen molar-refractivity contribution in [1.82, 2.24) is 5.32 Å². The number of carbonyl (C=O) groups excluding carboxylic acids is 2. The second kappa shape index (κ2) is 6.38. The number of methoxy groups -OCH3 is 1. The second-order valence-corrected chi connectivity index (χ2v) is 4.71. The van der Waals surface area contributed by atoms with E-state index in [4.69, 9.17) is 4.74 Å². The summed E-state index contributed by atoms with van der Waals surface area (Å²) in [5, 5.41) is 12.0. The Morgan fingerprint density at radius 1 is 1.45 bits per heavy atom. The number of nitrogens with zero attached hydrogens (tertiary/aromatic N) is 1. The molecule has 0 unspecified atom stereocenters. The standard InChI is InChI=1S/C14H18N2O4/c1-20-7-6-15-14(19)10-8-13(18)16(9-10)11-2-4-12(17)5-3-11/h2-5,10,17H,6-9H2,1H3,(H,15,19)/t10-/m0/s1. The third-order valence-electron chi connectivity index (χ3n) is 3.26. The fourth-order valence-electron chi connectivity index (χ4n) is 2.19. The average Bonchev–Trinajstić information content (AvgIpc) is 2.82. The van der Waals surface area contributed by atoms with Gasteiger partial charge < -0.3 is 20.1 Å². The van der Waals surface area contributed by atoms with Crippen LogP contribution in [-0.4, -0.2) is 43.7 Å². The molecule has 6 nitrogen and oxygen atoms in total. The number of aromatic hydroxyl groups is 1. The molecule has 1 saturated heterocycles. The van der Waals surface area contributed by atoms with Crippen LogP contribution in [0.5, 0.6) is 5.75 Å². The lowest BCUT2D eigenvalue weighted by molar-refractivity contribution is -0.126. The summed E-state index contributed by atoms with van der Waals surface area (Å²) in [7, 11) is 1.57. The van der Waals surface area contributed by atoms with Crippen molar-refractivity contribution in [1.29, 1.82) is 0 Å². The number of carbonyl (C=O) groups is 2. The van der Waals surface area contributed by atoms with Crippen LogP contribution in [0.25, 0.3) is 0 Å². The number of nitrogens with one attached hydrogen (secondary N) is 1. The molecule has 0 saturated carbocycles. The molecule has 1 aliphatic heterocycles. The van der Waals surface area contributed by atoms with Gasteiger partial charge in [0.25, 0.3) is 0 Å². The second-order valence-electron chi connectivity index (χ2n) is 4.71. The quantitative estimate of drug-likeness (QED) is 0.769. The van der Waals surface area contributed by atoms with Crippen LogP contribution >= 0.6 is 0 Å². The van der Waals surface area contributed by atoms with Gasteiger partial charge in [-0.3, -0.25) is 9.59 Å². The predicted molar refractivity (Wildman–Crippen MR) is 73.5 cm³/mol. The summed E-state index contributed by atoms with van der Waals surface area (Å²) in [6, 6.07) is 6.38. The van der Waals surface area contributed by atoms with Crippen LogP contribution in [0.1, 0.15) is 6.42 Å². The zero-order valence-electron chi connectivity index (χ0n) is 11.3. The first-order valence-electron chi connectivity index (χ1n) is 6.48. The molecule has 2 N–H and O–H groups in total. The van der Waals surface area contributed by atoms with Crippen molar-refractivity contribution in [2.75, 3.05) is 31.7 Å². The van der Waals surface area contributed by atoms with Crippen molar-refractivity contribution >= 4 is 17.5 Å². The minimum Gasteiger partial charge on any atom is -0.508 e. The molecule has 1 aromatic carbocycles. The van der Waals surface area contributed by atoms with E-state index in [1.165, 1.54) is 12.1 Å². The highest BCUT2D eigenvalue weighted by Crippen LogP contribution is 2.26. The minimum atomic E-state index is -0.340. The molecule has 0 radical (unpaired) electrons. The molecule has 1 aromatic rings. The molecule has 1 atom stereocenters. The van der Waals surface area contributed by atoms with E-state index in [-0.39, 0.29) is 29.9 Å². The van der Waals surface area contributed by atoms with E-state index in [1.807, 2.05) is 0 Å². The van der Waals surface area contributed by atoms with Gasteiger partial charge in [-0.25, -0.2) is 0 Å². The zero-order chi connectivity index (χ0) is 14.5. The number of anilines is 1. The number of amides is 2. The molecule has 6 heteroatoms. The summed E-state index contributed by atoms with van der Waals surface area (Å²) in [6.45, 7) is 1.26. The molecule has 1 fully saturated rings. The molecule has 20 heavy (non-hydrogen) atoms. The summed E-state index contributed by atoms with van der Waals surface area (Å²) in [6.07, 6.45) is 0.208. The molecule has 2 amide bonds. The molecule has 0 aromatic heterocycles. The van der Waals surface area contributed by atoms with E-state index in [0.29, 0.717) is 25.4 Å². The first-order chi connectivity index (χ1) is 9.61. The summed E-state index contributed by atoms with van der Waals surface area (Å²) in [4.78, 5) is 25.4. The van der Waals surface area contributed by atoms with Gasteiger partial charge in [-0.2, -0.15) is 0 Å². The molecular formula is C14H18N2O4. The van der Waals surface area contributed by atoms with E-state index < -0.39 is 0 Å². The Labute approximate surface area is 117 Å². The lowest BCUT2D eigenvalue weighted by Gasteiger charge is -2.16. The number of phenols is 1. The molecule has 2 rings (SSSR count). The molecule has 0 spiro atoms. The smallest absolute Gasteiger partial charge is 0.227 e. The van der Waals surface area contributed by atoms with Crippen LogP contribution in [0.4, 0.5) is 5.69 Å². The first kappa shape index (κ1) is 14.3.